The summed E-state index contributed by atoms with van der Waals surface area (Å²) in [6, 6.07) is 1.32. The smallest absolute Gasteiger partial charge is 0.250 e. The van der Waals surface area contributed by atoms with Crippen molar-refractivity contribution in [3.8, 4) is 0 Å². The Bertz CT molecular complexity index is 530. The summed E-state index contributed by atoms with van der Waals surface area (Å²) in [7, 11) is 0. The van der Waals surface area contributed by atoms with Gasteiger partial charge in [0.2, 0.25) is 0 Å². The van der Waals surface area contributed by atoms with Crippen LogP contribution in [-0.4, -0.2) is 9.97 Å². The third-order valence-corrected chi connectivity index (χ3v) is 5.86. The molecule has 4 nitrogen and oxygen atoms in total. The Morgan fingerprint density at radius 3 is 2.40 bits per heavy atom. The Morgan fingerprint density at radius 2 is 1.85 bits per heavy atom. The average Bonchev–Trinajstić information content (AvgIpc) is 2.36. The second-order valence-corrected chi connectivity index (χ2v) is 7.55. The Kier molecular flexibility index (Phi) is 2.78. The minimum absolute atomic E-state index is 0.101. The van der Waals surface area contributed by atoms with Gasteiger partial charge < -0.3 is 10.7 Å². The molecule has 1 heterocycles. The fourth-order valence-corrected chi connectivity index (χ4v) is 5.68. The van der Waals surface area contributed by atoms with E-state index in [-0.39, 0.29) is 11.6 Å². The monoisotopic (exact) mass is 273 g/mol. The third-order valence-electron chi connectivity index (χ3n) is 5.86. The van der Waals surface area contributed by atoms with Crippen molar-refractivity contribution in [1.82, 2.24) is 9.97 Å². The highest BCUT2D eigenvalue weighted by Gasteiger charge is 2.51. The molecular formula is C16H23N3O. The van der Waals surface area contributed by atoms with Crippen LogP contribution in [0.1, 0.15) is 56.8 Å². The molecule has 0 aromatic carbocycles. The standard InChI is InChI=1S/C16H23N3O/c17-13(15-18-2-1-14(20)19-15)9-16-6-10-3-11(7-16)5-12(4-10)8-16/h1-2,10-13H,3-9,17H2,(H,18,19,20). The lowest BCUT2D eigenvalue weighted by molar-refractivity contribution is -0.0608. The van der Waals surface area contributed by atoms with E-state index in [1.807, 2.05) is 0 Å². The van der Waals surface area contributed by atoms with Gasteiger partial charge in [0.15, 0.2) is 0 Å². The fraction of sp³-hybridized carbons (Fsp3) is 0.750. The molecule has 4 aliphatic carbocycles. The largest absolute Gasteiger partial charge is 0.321 e. The van der Waals surface area contributed by atoms with Crippen LogP contribution in [0.2, 0.25) is 0 Å². The molecule has 0 radical (unpaired) electrons. The Labute approximate surface area is 119 Å². The van der Waals surface area contributed by atoms with Crippen LogP contribution in [0.3, 0.4) is 0 Å². The van der Waals surface area contributed by atoms with Gasteiger partial charge in [-0.15, -0.1) is 0 Å². The molecule has 0 saturated heterocycles. The molecule has 4 bridgehead atoms. The Morgan fingerprint density at radius 1 is 1.25 bits per heavy atom. The predicted octanol–water partition coefficient (Wildman–Crippen LogP) is 2.38. The maximum absolute atomic E-state index is 11.4. The van der Waals surface area contributed by atoms with E-state index in [0.29, 0.717) is 11.2 Å². The van der Waals surface area contributed by atoms with Gasteiger partial charge in [0, 0.05) is 12.3 Å². The summed E-state index contributed by atoms with van der Waals surface area (Å²) in [6.07, 6.45) is 11.0. The molecule has 0 amide bonds. The van der Waals surface area contributed by atoms with Crippen LogP contribution in [0.25, 0.3) is 0 Å². The zero-order valence-electron chi connectivity index (χ0n) is 11.8. The normalized spacial score (nSPS) is 40.0. The molecule has 4 fully saturated rings. The van der Waals surface area contributed by atoms with Crippen molar-refractivity contribution in [2.45, 2.75) is 51.0 Å². The summed E-state index contributed by atoms with van der Waals surface area (Å²) in [4.78, 5) is 18.5. The second kappa shape index (κ2) is 4.42. The molecule has 4 heteroatoms. The fourth-order valence-electron chi connectivity index (χ4n) is 5.68. The quantitative estimate of drug-likeness (QED) is 0.888. The highest BCUT2D eigenvalue weighted by molar-refractivity contribution is 5.05. The lowest BCUT2D eigenvalue weighted by Crippen LogP contribution is -2.47. The summed E-state index contributed by atoms with van der Waals surface area (Å²) in [5, 5.41) is 0. The number of nitrogens with two attached hydrogens (primary N) is 1. The van der Waals surface area contributed by atoms with E-state index in [9.17, 15) is 4.79 Å². The van der Waals surface area contributed by atoms with E-state index in [0.717, 1.165) is 24.2 Å². The van der Waals surface area contributed by atoms with Crippen LogP contribution in [0, 0.1) is 23.2 Å². The minimum atomic E-state index is -0.125. The number of hydrogen-bond donors (Lipinski definition) is 2. The second-order valence-electron chi connectivity index (χ2n) is 7.55. The highest BCUT2D eigenvalue weighted by Crippen LogP contribution is 2.62. The lowest BCUT2D eigenvalue weighted by Gasteiger charge is -2.57. The molecule has 1 unspecified atom stereocenters. The first-order chi connectivity index (χ1) is 9.62. The van der Waals surface area contributed by atoms with E-state index >= 15 is 0 Å². The predicted molar refractivity (Wildman–Crippen MR) is 77.0 cm³/mol. The number of aromatic amines is 1. The first kappa shape index (κ1) is 12.6. The molecule has 0 spiro atoms. The van der Waals surface area contributed by atoms with Gasteiger partial charge >= 0.3 is 0 Å². The number of rotatable bonds is 3. The van der Waals surface area contributed by atoms with E-state index in [1.54, 1.807) is 6.20 Å². The average molecular weight is 273 g/mol. The summed E-state index contributed by atoms with van der Waals surface area (Å²) in [5.74, 6) is 3.48. The van der Waals surface area contributed by atoms with Gasteiger partial charge in [-0.3, -0.25) is 4.79 Å². The van der Waals surface area contributed by atoms with Crippen LogP contribution >= 0.6 is 0 Å². The van der Waals surface area contributed by atoms with E-state index < -0.39 is 0 Å². The van der Waals surface area contributed by atoms with E-state index in [4.69, 9.17) is 5.73 Å². The van der Waals surface area contributed by atoms with Crippen molar-refractivity contribution >= 4 is 0 Å². The van der Waals surface area contributed by atoms with Crippen LogP contribution in [0.4, 0.5) is 0 Å². The first-order valence-electron chi connectivity index (χ1n) is 7.93. The van der Waals surface area contributed by atoms with Crippen molar-refractivity contribution in [2.24, 2.45) is 28.9 Å². The maximum Gasteiger partial charge on any atom is 0.250 e. The molecule has 1 aromatic heterocycles. The van der Waals surface area contributed by atoms with Gasteiger partial charge in [-0.2, -0.15) is 0 Å². The third kappa shape index (κ3) is 2.10. The van der Waals surface area contributed by atoms with Crippen molar-refractivity contribution < 1.29 is 0 Å². The van der Waals surface area contributed by atoms with Crippen molar-refractivity contribution in [3.63, 3.8) is 0 Å². The zero-order valence-corrected chi connectivity index (χ0v) is 11.8. The van der Waals surface area contributed by atoms with Crippen LogP contribution in [0.5, 0.6) is 0 Å². The van der Waals surface area contributed by atoms with E-state index in [2.05, 4.69) is 9.97 Å². The van der Waals surface area contributed by atoms with Crippen molar-refractivity contribution in [3.05, 3.63) is 28.4 Å². The molecule has 20 heavy (non-hydrogen) atoms. The van der Waals surface area contributed by atoms with E-state index in [1.165, 1.54) is 44.6 Å². The van der Waals surface area contributed by atoms with Gasteiger partial charge in [-0.05, 0) is 68.1 Å². The summed E-state index contributed by atoms with van der Waals surface area (Å²) in [5.41, 5.74) is 6.68. The number of aromatic nitrogens is 2. The molecule has 1 atom stereocenters. The molecular weight excluding hydrogens is 250 g/mol. The molecule has 4 saturated carbocycles. The summed E-state index contributed by atoms with van der Waals surface area (Å²) in [6.45, 7) is 0. The number of nitrogens with zero attached hydrogens (tertiary/aromatic N) is 1. The number of nitrogens with one attached hydrogen (secondary N) is 1. The van der Waals surface area contributed by atoms with Gasteiger partial charge in [0.05, 0.1) is 6.04 Å². The van der Waals surface area contributed by atoms with Crippen molar-refractivity contribution in [2.75, 3.05) is 0 Å². The van der Waals surface area contributed by atoms with Crippen LogP contribution in [-0.2, 0) is 0 Å². The first-order valence-corrected chi connectivity index (χ1v) is 7.93. The maximum atomic E-state index is 11.4. The lowest BCUT2D eigenvalue weighted by atomic mass is 9.48. The SMILES string of the molecule is NC(CC12CC3CC(CC(C3)C1)C2)c1nccc(=O)[nH]1. The molecule has 5 rings (SSSR count). The van der Waals surface area contributed by atoms with Gasteiger partial charge in [-0.1, -0.05) is 0 Å². The zero-order chi connectivity index (χ0) is 13.7. The van der Waals surface area contributed by atoms with Crippen LogP contribution in [0.15, 0.2) is 17.1 Å². The summed E-state index contributed by atoms with van der Waals surface area (Å²) < 4.78 is 0. The molecule has 108 valence electrons. The summed E-state index contributed by atoms with van der Waals surface area (Å²) >= 11 is 0. The molecule has 0 aliphatic heterocycles. The topological polar surface area (TPSA) is 71.8 Å². The number of H-pyrrole nitrogens is 1. The van der Waals surface area contributed by atoms with Gasteiger partial charge in [0.1, 0.15) is 5.82 Å². The van der Waals surface area contributed by atoms with Crippen LogP contribution < -0.4 is 11.3 Å². The molecule has 4 aliphatic rings. The van der Waals surface area contributed by atoms with Gasteiger partial charge in [-0.25, -0.2) is 4.98 Å². The van der Waals surface area contributed by atoms with Crippen molar-refractivity contribution in [1.29, 1.82) is 0 Å². The highest BCUT2D eigenvalue weighted by atomic mass is 16.1. The Balaban J connectivity index is 1.55. The minimum Gasteiger partial charge on any atom is -0.321 e. The number of hydrogen-bond acceptors (Lipinski definition) is 3. The molecule has 1 aromatic rings. The molecule has 3 N–H and O–H groups in total. The van der Waals surface area contributed by atoms with Gasteiger partial charge in [0.25, 0.3) is 5.56 Å². The Hall–Kier alpha value is -1.16.